The summed E-state index contributed by atoms with van der Waals surface area (Å²) in [6.45, 7) is 2.55. The monoisotopic (exact) mass is 474 g/mol. The molecule has 0 aliphatic heterocycles. The Morgan fingerprint density at radius 1 is 0.645 bits per heavy atom. The average Bonchev–Trinajstić information content (AvgIpc) is 2.67. The van der Waals surface area contributed by atoms with Crippen molar-refractivity contribution < 1.29 is 31.5 Å². The van der Waals surface area contributed by atoms with Crippen LogP contribution < -0.4 is 0 Å². The van der Waals surface area contributed by atoms with E-state index in [1.807, 2.05) is 0 Å². The standard InChI is InChI=1S/C22H42O7S.Na.H/c1-2-3-4-5-6-7-8-9-10-11-12-13-14-15-16-17-20-28-21(23)18-19-22(24)29-30(25,26)27;;/h2-20H2,1H3,(H,25,26,27);;. The summed E-state index contributed by atoms with van der Waals surface area (Å²) in [7, 11) is -4.82. The van der Waals surface area contributed by atoms with Gasteiger partial charge in [0.05, 0.1) is 19.4 Å². The Bertz CT molecular complexity index is 538. The zero-order chi connectivity index (χ0) is 22.5. The van der Waals surface area contributed by atoms with E-state index < -0.39 is 28.8 Å². The first kappa shape index (κ1) is 33.0. The van der Waals surface area contributed by atoms with Crippen LogP contribution in [0.1, 0.15) is 122 Å². The van der Waals surface area contributed by atoms with Gasteiger partial charge in [0.2, 0.25) is 0 Å². The van der Waals surface area contributed by atoms with Gasteiger partial charge in [-0.3, -0.25) is 14.1 Å². The Morgan fingerprint density at radius 3 is 1.39 bits per heavy atom. The molecule has 0 aliphatic rings. The number of carbonyl (C=O) groups excluding carboxylic acids is 2. The van der Waals surface area contributed by atoms with Gasteiger partial charge in [0.15, 0.2) is 0 Å². The number of hydrogen-bond acceptors (Lipinski definition) is 6. The Balaban J connectivity index is 0. The summed E-state index contributed by atoms with van der Waals surface area (Å²) in [6.07, 6.45) is 19.6. The summed E-state index contributed by atoms with van der Waals surface area (Å²) in [5.74, 6) is -1.76. The molecule has 0 aromatic rings. The first-order valence-corrected chi connectivity index (χ1v) is 13.1. The van der Waals surface area contributed by atoms with Crippen molar-refractivity contribution in [3.63, 3.8) is 0 Å². The molecule has 31 heavy (non-hydrogen) atoms. The molecule has 180 valence electrons. The minimum absolute atomic E-state index is 0. The summed E-state index contributed by atoms with van der Waals surface area (Å²) >= 11 is 0. The summed E-state index contributed by atoms with van der Waals surface area (Å²) in [5.41, 5.74) is 0. The van der Waals surface area contributed by atoms with Crippen molar-refractivity contribution >= 4 is 51.9 Å². The van der Waals surface area contributed by atoms with Crippen molar-refractivity contribution in [2.75, 3.05) is 6.61 Å². The molecule has 1 N–H and O–H groups in total. The molecule has 0 unspecified atom stereocenters. The molecule has 0 aromatic heterocycles. The van der Waals surface area contributed by atoms with Gasteiger partial charge >= 0.3 is 51.9 Å². The number of ether oxygens (including phenoxy) is 1. The van der Waals surface area contributed by atoms with E-state index >= 15 is 0 Å². The molecule has 0 amide bonds. The van der Waals surface area contributed by atoms with Gasteiger partial charge in [-0.05, 0) is 6.42 Å². The van der Waals surface area contributed by atoms with E-state index in [2.05, 4.69) is 11.1 Å². The molecule has 0 rings (SSSR count). The van der Waals surface area contributed by atoms with Gasteiger partial charge in [0, 0.05) is 0 Å². The molecule has 0 bridgehead atoms. The molecule has 0 heterocycles. The quantitative estimate of drug-likeness (QED) is 0.104. The third-order valence-corrected chi connectivity index (χ3v) is 5.39. The van der Waals surface area contributed by atoms with Crippen molar-refractivity contribution in [2.45, 2.75) is 122 Å². The summed E-state index contributed by atoms with van der Waals surface area (Å²) in [4.78, 5) is 22.5. The number of hydrogen-bond donors (Lipinski definition) is 1. The number of unbranched alkanes of at least 4 members (excludes halogenated alkanes) is 15. The summed E-state index contributed by atoms with van der Waals surface area (Å²) < 4.78 is 37.7. The predicted octanol–water partition coefficient (Wildman–Crippen LogP) is 5.27. The molecule has 0 aromatic carbocycles. The molecule has 9 heteroatoms. The van der Waals surface area contributed by atoms with Crippen LogP contribution in [0.5, 0.6) is 0 Å². The third-order valence-electron chi connectivity index (χ3n) is 4.99. The van der Waals surface area contributed by atoms with Crippen molar-refractivity contribution in [1.29, 1.82) is 0 Å². The van der Waals surface area contributed by atoms with E-state index in [-0.39, 0.29) is 36.0 Å². The van der Waals surface area contributed by atoms with Crippen LogP contribution in [0.15, 0.2) is 0 Å². The van der Waals surface area contributed by atoms with E-state index in [1.54, 1.807) is 0 Å². The van der Waals surface area contributed by atoms with Gasteiger partial charge in [-0.1, -0.05) is 103 Å². The second kappa shape index (κ2) is 23.0. The first-order chi connectivity index (χ1) is 14.3. The molecule has 0 fully saturated rings. The van der Waals surface area contributed by atoms with E-state index in [0.717, 1.165) is 19.3 Å². The Hall–Kier alpha value is -0.150. The van der Waals surface area contributed by atoms with Crippen molar-refractivity contribution in [1.82, 2.24) is 0 Å². The van der Waals surface area contributed by atoms with Crippen LogP contribution >= 0.6 is 0 Å². The van der Waals surface area contributed by atoms with Gasteiger partial charge in [-0.15, -0.1) is 0 Å². The van der Waals surface area contributed by atoms with Crippen molar-refractivity contribution in [3.05, 3.63) is 0 Å². The van der Waals surface area contributed by atoms with Crippen LogP contribution in [-0.2, 0) is 28.9 Å². The van der Waals surface area contributed by atoms with Gasteiger partial charge < -0.3 is 8.92 Å². The van der Waals surface area contributed by atoms with E-state index in [4.69, 9.17) is 9.29 Å². The first-order valence-electron chi connectivity index (χ1n) is 11.7. The van der Waals surface area contributed by atoms with Crippen molar-refractivity contribution in [2.24, 2.45) is 0 Å². The number of esters is 1. The molecular formula is C22H43NaO7S. The normalized spacial score (nSPS) is 11.0. The zero-order valence-electron chi connectivity index (χ0n) is 18.7. The van der Waals surface area contributed by atoms with Gasteiger partial charge in [0.25, 0.3) is 0 Å². The molecule has 0 aliphatic carbocycles. The van der Waals surface area contributed by atoms with Gasteiger partial charge in [-0.25, -0.2) is 0 Å². The van der Waals surface area contributed by atoms with E-state index in [0.29, 0.717) is 6.61 Å². The topological polar surface area (TPSA) is 107 Å². The molecule has 0 saturated carbocycles. The van der Waals surface area contributed by atoms with Gasteiger partial charge in [0.1, 0.15) is 0 Å². The molecule has 7 nitrogen and oxygen atoms in total. The fourth-order valence-electron chi connectivity index (χ4n) is 3.27. The molecule has 0 radical (unpaired) electrons. The van der Waals surface area contributed by atoms with Crippen LogP contribution in [0.4, 0.5) is 0 Å². The molecule has 0 atom stereocenters. The Labute approximate surface area is 211 Å². The summed E-state index contributed by atoms with van der Waals surface area (Å²) in [5, 5.41) is 0. The fraction of sp³-hybridized carbons (Fsp3) is 0.909. The van der Waals surface area contributed by atoms with Crippen LogP contribution in [0, 0.1) is 0 Å². The van der Waals surface area contributed by atoms with Crippen LogP contribution in [-0.4, -0.2) is 61.1 Å². The molecule has 0 spiro atoms. The maximum atomic E-state index is 11.4. The summed E-state index contributed by atoms with van der Waals surface area (Å²) in [6, 6.07) is 0. The van der Waals surface area contributed by atoms with E-state index in [9.17, 15) is 18.0 Å². The SMILES string of the molecule is CCCCCCCCCCCCCCCCCCOC(=O)CCC(=O)OS(=O)(=O)O.[NaH]. The third kappa shape index (κ3) is 27.8. The minimum atomic E-state index is -4.82. The van der Waals surface area contributed by atoms with Gasteiger partial charge in [-0.2, -0.15) is 8.42 Å². The van der Waals surface area contributed by atoms with Crippen molar-refractivity contribution in [3.8, 4) is 0 Å². The zero-order valence-corrected chi connectivity index (χ0v) is 19.6. The average molecular weight is 475 g/mol. The second-order valence-corrected chi connectivity index (χ2v) is 8.93. The molecular weight excluding hydrogens is 431 g/mol. The van der Waals surface area contributed by atoms with Crippen LogP contribution in [0.25, 0.3) is 0 Å². The Kier molecular flexibility index (Phi) is 24.5. The number of rotatable bonds is 21. The maximum absolute atomic E-state index is 11.4. The Morgan fingerprint density at radius 2 is 1.00 bits per heavy atom. The predicted molar refractivity (Wildman–Crippen MR) is 125 cm³/mol. The number of carbonyl (C=O) groups is 2. The van der Waals surface area contributed by atoms with Crippen LogP contribution in [0.2, 0.25) is 0 Å². The second-order valence-electron chi connectivity index (χ2n) is 7.91. The van der Waals surface area contributed by atoms with Crippen LogP contribution in [0.3, 0.4) is 0 Å². The van der Waals surface area contributed by atoms with E-state index in [1.165, 1.54) is 83.5 Å². The molecule has 0 saturated heterocycles. The fourth-order valence-corrected chi connectivity index (χ4v) is 3.59.